The number of carbonyl (C=O) groups excluding carboxylic acids is 2. The highest BCUT2D eigenvalue weighted by molar-refractivity contribution is 5.83. The molecule has 0 bridgehead atoms. The number of hydrogen-bond donors (Lipinski definition) is 2. The van der Waals surface area contributed by atoms with Gasteiger partial charge in [0.05, 0.1) is 6.54 Å². The monoisotopic (exact) mass is 236 g/mol. The molecular formula is C12H16N2O3. The van der Waals surface area contributed by atoms with Crippen LogP contribution >= 0.6 is 0 Å². The Morgan fingerprint density at radius 3 is 2.41 bits per heavy atom. The molecule has 2 N–H and O–H groups in total. The van der Waals surface area contributed by atoms with Crippen molar-refractivity contribution in [2.45, 2.75) is 13.5 Å². The molecule has 92 valence electrons. The Morgan fingerprint density at radius 2 is 1.88 bits per heavy atom. The molecular weight excluding hydrogens is 220 g/mol. The molecule has 0 saturated carbocycles. The fraction of sp³-hybridized carbons (Fsp3) is 0.333. The lowest BCUT2D eigenvalue weighted by molar-refractivity contribution is -0.131. The van der Waals surface area contributed by atoms with Gasteiger partial charge in [0.25, 0.3) is 0 Å². The smallest absolute Gasteiger partial charge is 0.242 e. The van der Waals surface area contributed by atoms with Crippen LogP contribution in [0.5, 0.6) is 5.75 Å². The second kappa shape index (κ2) is 5.89. The van der Waals surface area contributed by atoms with E-state index < -0.39 is 0 Å². The van der Waals surface area contributed by atoms with Gasteiger partial charge >= 0.3 is 0 Å². The zero-order chi connectivity index (χ0) is 12.8. The molecule has 2 amide bonds. The summed E-state index contributed by atoms with van der Waals surface area (Å²) < 4.78 is 0. The number of nitrogens with zero attached hydrogens (tertiary/aromatic N) is 1. The summed E-state index contributed by atoms with van der Waals surface area (Å²) in [5.41, 5.74) is 0.918. The standard InChI is InChI=1S/C12H16N2O3/c1-9(15)13-7-12(17)14(2)8-10-3-5-11(16)6-4-10/h3-6,16H,7-8H2,1-2H3,(H,13,15). The minimum atomic E-state index is -0.226. The van der Waals surface area contributed by atoms with Crippen LogP contribution in [0.15, 0.2) is 24.3 Å². The molecule has 0 atom stereocenters. The number of benzene rings is 1. The number of nitrogens with one attached hydrogen (secondary N) is 1. The zero-order valence-corrected chi connectivity index (χ0v) is 9.93. The number of likely N-dealkylation sites (N-methyl/N-ethyl adjacent to an activating group) is 1. The van der Waals surface area contributed by atoms with Gasteiger partial charge in [-0.1, -0.05) is 12.1 Å². The van der Waals surface area contributed by atoms with E-state index in [1.165, 1.54) is 11.8 Å². The largest absolute Gasteiger partial charge is 0.508 e. The van der Waals surface area contributed by atoms with Gasteiger partial charge in [0, 0.05) is 20.5 Å². The normalized spacial score (nSPS) is 9.76. The highest BCUT2D eigenvalue weighted by Gasteiger charge is 2.09. The number of aromatic hydroxyl groups is 1. The number of phenols is 1. The Hall–Kier alpha value is -2.04. The first-order valence-corrected chi connectivity index (χ1v) is 5.25. The van der Waals surface area contributed by atoms with E-state index >= 15 is 0 Å². The molecule has 5 heteroatoms. The van der Waals surface area contributed by atoms with Gasteiger partial charge in [0.1, 0.15) is 5.75 Å². The molecule has 0 radical (unpaired) electrons. The highest BCUT2D eigenvalue weighted by Crippen LogP contribution is 2.10. The fourth-order valence-corrected chi connectivity index (χ4v) is 1.30. The summed E-state index contributed by atoms with van der Waals surface area (Å²) in [6.07, 6.45) is 0. The summed E-state index contributed by atoms with van der Waals surface area (Å²) in [7, 11) is 1.66. The van der Waals surface area contributed by atoms with Crippen LogP contribution in [0.3, 0.4) is 0 Å². The third-order valence-electron chi connectivity index (χ3n) is 2.27. The first-order valence-electron chi connectivity index (χ1n) is 5.25. The van der Waals surface area contributed by atoms with Crippen molar-refractivity contribution in [3.05, 3.63) is 29.8 Å². The SMILES string of the molecule is CC(=O)NCC(=O)N(C)Cc1ccc(O)cc1. The van der Waals surface area contributed by atoms with Crippen molar-refractivity contribution in [1.82, 2.24) is 10.2 Å². The van der Waals surface area contributed by atoms with Crippen LogP contribution in [0.25, 0.3) is 0 Å². The summed E-state index contributed by atoms with van der Waals surface area (Å²) in [4.78, 5) is 23.8. The lowest BCUT2D eigenvalue weighted by atomic mass is 10.2. The minimum Gasteiger partial charge on any atom is -0.508 e. The Balaban J connectivity index is 2.48. The molecule has 0 saturated heterocycles. The molecule has 0 aliphatic heterocycles. The summed E-state index contributed by atoms with van der Waals surface area (Å²) in [5.74, 6) is -0.189. The van der Waals surface area contributed by atoms with E-state index in [0.717, 1.165) is 5.56 Å². The molecule has 0 heterocycles. The Bertz CT molecular complexity index is 401. The number of carbonyl (C=O) groups is 2. The highest BCUT2D eigenvalue weighted by atomic mass is 16.3. The van der Waals surface area contributed by atoms with Gasteiger partial charge in [-0.05, 0) is 17.7 Å². The van der Waals surface area contributed by atoms with E-state index in [0.29, 0.717) is 6.54 Å². The molecule has 0 aromatic heterocycles. The van der Waals surface area contributed by atoms with Crippen LogP contribution in [0.2, 0.25) is 0 Å². The number of amides is 2. The number of rotatable bonds is 4. The first kappa shape index (κ1) is 13.0. The first-order chi connectivity index (χ1) is 7.99. The van der Waals surface area contributed by atoms with Crippen molar-refractivity contribution in [3.8, 4) is 5.75 Å². The molecule has 1 aromatic rings. The molecule has 0 unspecified atom stereocenters. The second-order valence-corrected chi connectivity index (χ2v) is 3.83. The summed E-state index contributed by atoms with van der Waals surface area (Å²) in [5, 5.41) is 11.6. The maximum Gasteiger partial charge on any atom is 0.242 e. The number of hydrogen-bond acceptors (Lipinski definition) is 3. The lowest BCUT2D eigenvalue weighted by Crippen LogP contribution is -2.36. The molecule has 0 aliphatic carbocycles. The molecule has 0 spiro atoms. The fourth-order valence-electron chi connectivity index (χ4n) is 1.30. The van der Waals surface area contributed by atoms with Crippen LogP contribution in [0, 0.1) is 0 Å². The van der Waals surface area contributed by atoms with Crippen LogP contribution in [0.4, 0.5) is 0 Å². The molecule has 17 heavy (non-hydrogen) atoms. The van der Waals surface area contributed by atoms with Crippen molar-refractivity contribution in [2.24, 2.45) is 0 Å². The van der Waals surface area contributed by atoms with E-state index in [-0.39, 0.29) is 24.1 Å². The Kier molecular flexibility index (Phi) is 4.51. The van der Waals surface area contributed by atoms with Gasteiger partial charge in [-0.3, -0.25) is 9.59 Å². The maximum absolute atomic E-state index is 11.6. The van der Waals surface area contributed by atoms with Gasteiger partial charge in [-0.2, -0.15) is 0 Å². The van der Waals surface area contributed by atoms with Crippen LogP contribution < -0.4 is 5.32 Å². The van der Waals surface area contributed by atoms with E-state index in [1.54, 1.807) is 31.3 Å². The average Bonchev–Trinajstić information content (AvgIpc) is 2.28. The van der Waals surface area contributed by atoms with Crippen LogP contribution in [-0.2, 0) is 16.1 Å². The molecule has 0 fully saturated rings. The number of phenolic OH excluding ortho intramolecular Hbond substituents is 1. The van der Waals surface area contributed by atoms with Gasteiger partial charge in [0.15, 0.2) is 0 Å². The third-order valence-corrected chi connectivity index (χ3v) is 2.27. The Labute approximate surface area is 100 Å². The van der Waals surface area contributed by atoms with Crippen molar-refractivity contribution < 1.29 is 14.7 Å². The molecule has 5 nitrogen and oxygen atoms in total. The maximum atomic E-state index is 11.6. The van der Waals surface area contributed by atoms with Gasteiger partial charge < -0.3 is 15.3 Å². The van der Waals surface area contributed by atoms with Gasteiger partial charge in [-0.25, -0.2) is 0 Å². The van der Waals surface area contributed by atoms with Gasteiger partial charge in [0.2, 0.25) is 11.8 Å². The van der Waals surface area contributed by atoms with Crippen LogP contribution in [-0.4, -0.2) is 35.4 Å². The van der Waals surface area contributed by atoms with E-state index in [2.05, 4.69) is 5.32 Å². The topological polar surface area (TPSA) is 69.6 Å². The van der Waals surface area contributed by atoms with Crippen molar-refractivity contribution in [2.75, 3.05) is 13.6 Å². The van der Waals surface area contributed by atoms with E-state index in [9.17, 15) is 9.59 Å². The molecule has 0 aliphatic rings. The van der Waals surface area contributed by atoms with E-state index in [4.69, 9.17) is 5.11 Å². The lowest BCUT2D eigenvalue weighted by Gasteiger charge is -2.17. The molecule has 1 aromatic carbocycles. The minimum absolute atomic E-state index is 0.00389. The quantitative estimate of drug-likeness (QED) is 0.799. The summed E-state index contributed by atoms with van der Waals surface area (Å²) in [6.45, 7) is 1.82. The summed E-state index contributed by atoms with van der Waals surface area (Å²) >= 11 is 0. The van der Waals surface area contributed by atoms with Crippen molar-refractivity contribution in [3.63, 3.8) is 0 Å². The van der Waals surface area contributed by atoms with Crippen LogP contribution in [0.1, 0.15) is 12.5 Å². The third kappa shape index (κ3) is 4.55. The Morgan fingerprint density at radius 1 is 1.29 bits per heavy atom. The summed E-state index contributed by atoms with van der Waals surface area (Å²) in [6, 6.07) is 6.64. The average molecular weight is 236 g/mol. The molecule has 1 rings (SSSR count). The predicted octanol–water partition coefficient (Wildman–Crippen LogP) is 0.487. The van der Waals surface area contributed by atoms with E-state index in [1.807, 2.05) is 0 Å². The zero-order valence-electron chi connectivity index (χ0n) is 9.93. The van der Waals surface area contributed by atoms with Crippen molar-refractivity contribution >= 4 is 11.8 Å². The predicted molar refractivity (Wildman–Crippen MR) is 63.3 cm³/mol. The van der Waals surface area contributed by atoms with Gasteiger partial charge in [-0.15, -0.1) is 0 Å². The van der Waals surface area contributed by atoms with Crippen molar-refractivity contribution in [1.29, 1.82) is 0 Å². The second-order valence-electron chi connectivity index (χ2n) is 3.83.